The summed E-state index contributed by atoms with van der Waals surface area (Å²) in [6.07, 6.45) is 0.888. The smallest absolute Gasteiger partial charge is 0.262 e. The molecule has 0 aliphatic rings. The summed E-state index contributed by atoms with van der Waals surface area (Å²) < 4.78 is 5.57. The summed E-state index contributed by atoms with van der Waals surface area (Å²) in [7, 11) is 0. The van der Waals surface area contributed by atoms with E-state index in [2.05, 4.69) is 12.2 Å². The van der Waals surface area contributed by atoms with E-state index in [0.29, 0.717) is 27.6 Å². The lowest BCUT2D eigenvalue weighted by Gasteiger charge is -2.12. The third kappa shape index (κ3) is 4.99. The van der Waals surface area contributed by atoms with Gasteiger partial charge in [-0.1, -0.05) is 61.0 Å². The molecule has 3 rings (SSSR count). The number of hydrogen-bond donors (Lipinski definition) is 1. The van der Waals surface area contributed by atoms with Crippen LogP contribution in [0.4, 0.5) is 5.69 Å². The number of carbonyl (C=O) groups is 2. The summed E-state index contributed by atoms with van der Waals surface area (Å²) in [6.45, 7) is 1.90. The Morgan fingerprint density at radius 2 is 1.75 bits per heavy atom. The van der Waals surface area contributed by atoms with E-state index < -0.39 is 0 Å². The van der Waals surface area contributed by atoms with E-state index in [1.807, 2.05) is 24.3 Å². The van der Waals surface area contributed by atoms with Crippen molar-refractivity contribution < 1.29 is 14.3 Å². The van der Waals surface area contributed by atoms with Crippen LogP contribution in [0.1, 0.15) is 28.4 Å². The normalized spacial score (nSPS) is 10.4. The number of anilines is 1. The van der Waals surface area contributed by atoms with Gasteiger partial charge in [-0.15, -0.1) is 0 Å². The first-order valence-electron chi connectivity index (χ1n) is 8.97. The molecule has 0 heterocycles. The van der Waals surface area contributed by atoms with Crippen LogP contribution in [0.2, 0.25) is 5.02 Å². The molecule has 142 valence electrons. The van der Waals surface area contributed by atoms with Crippen molar-refractivity contribution in [2.24, 2.45) is 0 Å². The zero-order valence-electron chi connectivity index (χ0n) is 15.4. The van der Waals surface area contributed by atoms with Crippen LogP contribution in [-0.4, -0.2) is 18.3 Å². The van der Waals surface area contributed by atoms with Crippen LogP contribution < -0.4 is 10.1 Å². The van der Waals surface area contributed by atoms with E-state index in [1.54, 1.807) is 48.5 Å². The predicted molar refractivity (Wildman–Crippen MR) is 111 cm³/mol. The first-order valence-corrected chi connectivity index (χ1v) is 9.35. The topological polar surface area (TPSA) is 55.4 Å². The molecule has 0 atom stereocenters. The maximum atomic E-state index is 12.8. The number of benzene rings is 3. The van der Waals surface area contributed by atoms with Crippen LogP contribution in [0.15, 0.2) is 72.8 Å². The number of halogens is 1. The van der Waals surface area contributed by atoms with Crippen molar-refractivity contribution in [2.45, 2.75) is 13.3 Å². The molecule has 1 N–H and O–H groups in total. The van der Waals surface area contributed by atoms with Crippen LogP contribution in [0, 0.1) is 0 Å². The molecule has 0 unspecified atom stereocenters. The second-order valence-electron chi connectivity index (χ2n) is 6.22. The van der Waals surface area contributed by atoms with E-state index in [-0.39, 0.29) is 18.3 Å². The second kappa shape index (κ2) is 9.20. The molecule has 0 aromatic heterocycles. The van der Waals surface area contributed by atoms with Crippen molar-refractivity contribution in [2.75, 3.05) is 11.9 Å². The Morgan fingerprint density at radius 1 is 0.964 bits per heavy atom. The number of hydrogen-bond acceptors (Lipinski definition) is 3. The van der Waals surface area contributed by atoms with E-state index in [4.69, 9.17) is 16.3 Å². The van der Waals surface area contributed by atoms with Crippen molar-refractivity contribution >= 4 is 29.0 Å². The van der Waals surface area contributed by atoms with Gasteiger partial charge in [-0.25, -0.2) is 0 Å². The highest BCUT2D eigenvalue weighted by Crippen LogP contribution is 2.24. The molecule has 0 fully saturated rings. The van der Waals surface area contributed by atoms with E-state index in [1.165, 1.54) is 0 Å². The van der Waals surface area contributed by atoms with E-state index >= 15 is 0 Å². The number of amides is 1. The summed E-state index contributed by atoms with van der Waals surface area (Å²) in [4.78, 5) is 25.2. The summed E-state index contributed by atoms with van der Waals surface area (Å²) in [5.74, 6) is 0.0625. The molecule has 0 spiro atoms. The zero-order chi connectivity index (χ0) is 19.9. The fourth-order valence-corrected chi connectivity index (χ4v) is 2.92. The van der Waals surface area contributed by atoms with Gasteiger partial charge in [0.1, 0.15) is 5.75 Å². The molecule has 5 heteroatoms. The van der Waals surface area contributed by atoms with Crippen molar-refractivity contribution in [3.05, 3.63) is 94.5 Å². The lowest BCUT2D eigenvalue weighted by molar-refractivity contribution is -0.118. The Labute approximate surface area is 169 Å². The van der Waals surface area contributed by atoms with Gasteiger partial charge in [-0.3, -0.25) is 9.59 Å². The maximum absolute atomic E-state index is 12.8. The molecule has 0 bridgehead atoms. The Bertz CT molecular complexity index is 986. The van der Waals surface area contributed by atoms with Crippen LogP contribution in [-0.2, 0) is 11.2 Å². The van der Waals surface area contributed by atoms with Gasteiger partial charge in [0, 0.05) is 16.1 Å². The molecule has 3 aromatic rings. The van der Waals surface area contributed by atoms with Gasteiger partial charge >= 0.3 is 0 Å². The third-order valence-corrected chi connectivity index (χ3v) is 4.45. The molecule has 0 radical (unpaired) electrons. The number of ether oxygens (including phenoxy) is 1. The average molecular weight is 394 g/mol. The molecule has 3 aromatic carbocycles. The monoisotopic (exact) mass is 393 g/mol. The van der Waals surface area contributed by atoms with Crippen molar-refractivity contribution in [3.8, 4) is 5.75 Å². The molecular weight excluding hydrogens is 374 g/mol. The first kappa shape index (κ1) is 19.6. The summed E-state index contributed by atoms with van der Waals surface area (Å²) in [5.41, 5.74) is 2.38. The van der Waals surface area contributed by atoms with Gasteiger partial charge in [-0.2, -0.15) is 0 Å². The second-order valence-corrected chi connectivity index (χ2v) is 6.66. The average Bonchev–Trinajstić information content (AvgIpc) is 2.74. The van der Waals surface area contributed by atoms with E-state index in [9.17, 15) is 9.59 Å². The Hall–Kier alpha value is -3.11. The molecular formula is C23H20ClNO3. The standard InChI is InChI=1S/C23H20ClNO3/c1-2-16-7-6-10-19(13-16)28-15-22(26)25-21-12-11-18(24)14-20(21)23(27)17-8-4-3-5-9-17/h3-14H,2,15H2,1H3,(H,25,26). The van der Waals surface area contributed by atoms with Crippen LogP contribution in [0.5, 0.6) is 5.75 Å². The van der Waals surface area contributed by atoms with Gasteiger partial charge in [0.15, 0.2) is 12.4 Å². The highest BCUT2D eigenvalue weighted by atomic mass is 35.5. The summed E-state index contributed by atoms with van der Waals surface area (Å²) in [5, 5.41) is 3.17. The fraction of sp³-hybridized carbons (Fsp3) is 0.130. The highest BCUT2D eigenvalue weighted by molar-refractivity contribution is 6.31. The highest BCUT2D eigenvalue weighted by Gasteiger charge is 2.16. The van der Waals surface area contributed by atoms with Crippen molar-refractivity contribution in [3.63, 3.8) is 0 Å². The van der Waals surface area contributed by atoms with Crippen molar-refractivity contribution in [1.29, 1.82) is 0 Å². The minimum atomic E-state index is -0.355. The van der Waals surface area contributed by atoms with Crippen molar-refractivity contribution in [1.82, 2.24) is 0 Å². The molecule has 28 heavy (non-hydrogen) atoms. The van der Waals surface area contributed by atoms with Crippen LogP contribution >= 0.6 is 11.6 Å². The van der Waals surface area contributed by atoms with Gasteiger partial charge in [0.2, 0.25) is 0 Å². The fourth-order valence-electron chi connectivity index (χ4n) is 2.75. The van der Waals surface area contributed by atoms with Gasteiger partial charge in [0.05, 0.1) is 5.69 Å². The quantitative estimate of drug-likeness (QED) is 0.564. The number of carbonyl (C=O) groups excluding carboxylic acids is 2. The molecule has 1 amide bonds. The minimum Gasteiger partial charge on any atom is -0.484 e. The number of aryl methyl sites for hydroxylation is 1. The molecule has 0 aliphatic carbocycles. The van der Waals surface area contributed by atoms with Crippen LogP contribution in [0.3, 0.4) is 0 Å². The number of rotatable bonds is 7. The predicted octanol–water partition coefficient (Wildman–Crippen LogP) is 5.15. The third-order valence-electron chi connectivity index (χ3n) is 4.21. The molecule has 0 aliphatic heterocycles. The van der Waals surface area contributed by atoms with Gasteiger partial charge < -0.3 is 10.1 Å². The minimum absolute atomic E-state index is 0.158. The lowest BCUT2D eigenvalue weighted by atomic mass is 10.0. The summed E-state index contributed by atoms with van der Waals surface area (Å²) in [6, 6.07) is 21.3. The largest absolute Gasteiger partial charge is 0.484 e. The maximum Gasteiger partial charge on any atom is 0.262 e. The Morgan fingerprint density at radius 3 is 2.50 bits per heavy atom. The zero-order valence-corrected chi connectivity index (χ0v) is 16.2. The molecule has 0 saturated carbocycles. The number of nitrogens with one attached hydrogen (secondary N) is 1. The van der Waals surface area contributed by atoms with E-state index in [0.717, 1.165) is 12.0 Å². The van der Waals surface area contributed by atoms with Crippen LogP contribution in [0.25, 0.3) is 0 Å². The van der Waals surface area contributed by atoms with Gasteiger partial charge in [0.25, 0.3) is 5.91 Å². The number of ketones is 1. The Balaban J connectivity index is 1.73. The van der Waals surface area contributed by atoms with Gasteiger partial charge in [-0.05, 0) is 42.3 Å². The Kier molecular flexibility index (Phi) is 6.45. The lowest BCUT2D eigenvalue weighted by Crippen LogP contribution is -2.21. The summed E-state index contributed by atoms with van der Waals surface area (Å²) >= 11 is 6.07. The molecule has 4 nitrogen and oxygen atoms in total. The SMILES string of the molecule is CCc1cccc(OCC(=O)Nc2ccc(Cl)cc2C(=O)c2ccccc2)c1. The molecule has 0 saturated heterocycles. The first-order chi connectivity index (χ1) is 13.6.